The Morgan fingerprint density at radius 2 is 1.83 bits per heavy atom. The van der Waals surface area contributed by atoms with Gasteiger partial charge in [0.25, 0.3) is 5.91 Å². The van der Waals surface area contributed by atoms with Crippen molar-refractivity contribution in [1.82, 2.24) is 15.6 Å². The average molecular weight is 418 g/mol. The van der Waals surface area contributed by atoms with E-state index in [9.17, 15) is 9.59 Å². The highest BCUT2D eigenvalue weighted by Crippen LogP contribution is 2.19. The zero-order chi connectivity index (χ0) is 20.9. The normalized spacial score (nSPS) is 11.9. The molecule has 152 valence electrons. The minimum absolute atomic E-state index is 0.203. The van der Waals surface area contributed by atoms with Gasteiger partial charge in [-0.25, -0.2) is 0 Å². The van der Waals surface area contributed by atoms with Crippen molar-refractivity contribution in [2.75, 3.05) is 0 Å². The molecule has 2 aromatic heterocycles. The van der Waals surface area contributed by atoms with Crippen LogP contribution in [0.5, 0.6) is 0 Å². The van der Waals surface area contributed by atoms with Gasteiger partial charge in [-0.05, 0) is 35.6 Å². The van der Waals surface area contributed by atoms with Crippen LogP contribution in [0.15, 0.2) is 72.2 Å². The second-order valence-electron chi connectivity index (χ2n) is 7.27. The molecule has 1 unspecified atom stereocenters. The number of H-pyrrole nitrogens is 1. The third-order valence-electron chi connectivity index (χ3n) is 5.05. The van der Waals surface area contributed by atoms with Crippen LogP contribution in [-0.2, 0) is 17.8 Å². The summed E-state index contributed by atoms with van der Waals surface area (Å²) in [7, 11) is 0. The minimum Gasteiger partial charge on any atom is -0.361 e. The highest BCUT2D eigenvalue weighted by Gasteiger charge is 2.23. The van der Waals surface area contributed by atoms with Gasteiger partial charge in [0.2, 0.25) is 5.91 Å². The Hall–Kier alpha value is -3.38. The molecule has 4 aromatic rings. The van der Waals surface area contributed by atoms with E-state index in [1.807, 2.05) is 73.1 Å². The fraction of sp³-hybridized carbons (Fsp3) is 0.167. The number of carbonyl (C=O) groups is 2. The fourth-order valence-corrected chi connectivity index (χ4v) is 4.01. The summed E-state index contributed by atoms with van der Waals surface area (Å²) in [6.07, 6.45) is 2.31. The first-order chi connectivity index (χ1) is 14.6. The van der Waals surface area contributed by atoms with Crippen molar-refractivity contribution in [2.45, 2.75) is 25.9 Å². The van der Waals surface area contributed by atoms with Gasteiger partial charge >= 0.3 is 0 Å². The molecule has 0 radical (unpaired) electrons. The number of para-hydroxylation sites is 1. The highest BCUT2D eigenvalue weighted by molar-refractivity contribution is 7.12. The Kier molecular flexibility index (Phi) is 5.95. The Morgan fingerprint density at radius 3 is 2.60 bits per heavy atom. The first kappa shape index (κ1) is 19.9. The zero-order valence-corrected chi connectivity index (χ0v) is 17.5. The number of carbonyl (C=O) groups excluding carboxylic acids is 2. The van der Waals surface area contributed by atoms with Gasteiger partial charge in [-0.2, -0.15) is 0 Å². The van der Waals surface area contributed by atoms with Crippen LogP contribution in [0.25, 0.3) is 10.9 Å². The van der Waals surface area contributed by atoms with Gasteiger partial charge < -0.3 is 15.6 Å². The summed E-state index contributed by atoms with van der Waals surface area (Å²) in [6.45, 7) is 2.44. The summed E-state index contributed by atoms with van der Waals surface area (Å²) in [5.41, 5.74) is 4.19. The molecule has 3 N–H and O–H groups in total. The Labute approximate surface area is 179 Å². The molecular formula is C24H23N3O2S. The molecule has 2 aromatic carbocycles. The van der Waals surface area contributed by atoms with E-state index < -0.39 is 6.04 Å². The van der Waals surface area contributed by atoms with Crippen LogP contribution in [0.4, 0.5) is 0 Å². The van der Waals surface area contributed by atoms with E-state index >= 15 is 0 Å². The van der Waals surface area contributed by atoms with Crippen molar-refractivity contribution in [3.05, 3.63) is 93.8 Å². The van der Waals surface area contributed by atoms with Gasteiger partial charge in [0.05, 0.1) is 4.88 Å². The lowest BCUT2D eigenvalue weighted by atomic mass is 10.0. The number of aromatic amines is 1. The molecule has 5 nitrogen and oxygen atoms in total. The lowest BCUT2D eigenvalue weighted by molar-refractivity contribution is -0.123. The average Bonchev–Trinajstić information content (AvgIpc) is 3.43. The molecule has 4 rings (SSSR count). The first-order valence-corrected chi connectivity index (χ1v) is 10.7. The number of thiophene rings is 1. The highest BCUT2D eigenvalue weighted by atomic mass is 32.1. The SMILES string of the molecule is Cc1ccc(CNC(=O)C(Cc2c[nH]c3ccccc23)NC(=O)c2cccs2)cc1. The molecule has 0 fully saturated rings. The van der Waals surface area contributed by atoms with Crippen molar-refractivity contribution in [1.29, 1.82) is 0 Å². The predicted octanol–water partition coefficient (Wildman–Crippen LogP) is 4.20. The molecule has 6 heteroatoms. The molecule has 0 spiro atoms. The molecule has 0 aliphatic rings. The fourth-order valence-electron chi connectivity index (χ4n) is 3.39. The van der Waals surface area contributed by atoms with E-state index in [0.717, 1.165) is 22.0 Å². The minimum atomic E-state index is -0.677. The van der Waals surface area contributed by atoms with E-state index in [4.69, 9.17) is 0 Å². The molecule has 1 atom stereocenters. The Bertz CT molecular complexity index is 1150. The monoisotopic (exact) mass is 417 g/mol. The number of benzene rings is 2. The van der Waals surface area contributed by atoms with Crippen molar-refractivity contribution in [3.63, 3.8) is 0 Å². The molecule has 0 aliphatic heterocycles. The summed E-state index contributed by atoms with van der Waals surface area (Å²) < 4.78 is 0. The predicted molar refractivity (Wildman–Crippen MR) is 121 cm³/mol. The topological polar surface area (TPSA) is 74.0 Å². The van der Waals surface area contributed by atoms with E-state index in [0.29, 0.717) is 17.8 Å². The molecule has 2 amide bonds. The summed E-state index contributed by atoms with van der Waals surface area (Å²) >= 11 is 1.36. The lowest BCUT2D eigenvalue weighted by Crippen LogP contribution is -2.47. The van der Waals surface area contributed by atoms with Crippen molar-refractivity contribution in [3.8, 4) is 0 Å². The van der Waals surface area contributed by atoms with Gasteiger partial charge in [-0.15, -0.1) is 11.3 Å². The Morgan fingerprint density at radius 1 is 1.03 bits per heavy atom. The van der Waals surface area contributed by atoms with E-state index in [2.05, 4.69) is 15.6 Å². The van der Waals surface area contributed by atoms with Gasteiger partial charge in [0, 0.05) is 30.1 Å². The second-order valence-corrected chi connectivity index (χ2v) is 8.22. The maximum atomic E-state index is 13.0. The van der Waals surface area contributed by atoms with Crippen LogP contribution in [0.3, 0.4) is 0 Å². The smallest absolute Gasteiger partial charge is 0.262 e. The van der Waals surface area contributed by atoms with E-state index in [1.165, 1.54) is 16.9 Å². The molecule has 0 bridgehead atoms. The van der Waals surface area contributed by atoms with E-state index in [1.54, 1.807) is 6.07 Å². The lowest BCUT2D eigenvalue weighted by Gasteiger charge is -2.18. The number of rotatable bonds is 7. The van der Waals surface area contributed by atoms with Crippen LogP contribution in [0.2, 0.25) is 0 Å². The quantitative estimate of drug-likeness (QED) is 0.422. The van der Waals surface area contributed by atoms with Crippen LogP contribution in [-0.4, -0.2) is 22.8 Å². The van der Waals surface area contributed by atoms with Crippen LogP contribution < -0.4 is 10.6 Å². The van der Waals surface area contributed by atoms with Crippen molar-refractivity contribution >= 4 is 34.1 Å². The summed E-state index contributed by atoms with van der Waals surface area (Å²) in [6, 6.07) is 18.9. The maximum absolute atomic E-state index is 13.0. The van der Waals surface area contributed by atoms with Crippen molar-refractivity contribution in [2.24, 2.45) is 0 Å². The standard InChI is InChI=1S/C24H23N3O2S/c1-16-8-10-17(11-9-16)14-26-23(28)21(27-24(29)22-7-4-12-30-22)13-18-15-25-20-6-3-2-5-19(18)20/h2-12,15,21,25H,13-14H2,1H3,(H,26,28)(H,27,29). The number of aromatic nitrogens is 1. The van der Waals surface area contributed by atoms with Gasteiger partial charge in [0.15, 0.2) is 0 Å². The second kappa shape index (κ2) is 8.97. The number of hydrogen-bond donors (Lipinski definition) is 3. The number of aryl methyl sites for hydroxylation is 1. The summed E-state index contributed by atoms with van der Waals surface area (Å²) in [4.78, 5) is 29.5. The summed E-state index contributed by atoms with van der Waals surface area (Å²) in [5, 5.41) is 8.79. The number of nitrogens with one attached hydrogen (secondary N) is 3. The Balaban J connectivity index is 1.52. The summed E-state index contributed by atoms with van der Waals surface area (Å²) in [5.74, 6) is -0.439. The van der Waals surface area contributed by atoms with Gasteiger partial charge in [0.1, 0.15) is 6.04 Å². The van der Waals surface area contributed by atoms with Crippen LogP contribution in [0.1, 0.15) is 26.4 Å². The number of amides is 2. The molecule has 2 heterocycles. The molecule has 0 saturated carbocycles. The first-order valence-electron chi connectivity index (χ1n) is 9.83. The molecule has 0 aliphatic carbocycles. The van der Waals surface area contributed by atoms with Crippen molar-refractivity contribution < 1.29 is 9.59 Å². The number of hydrogen-bond acceptors (Lipinski definition) is 3. The molecular weight excluding hydrogens is 394 g/mol. The van der Waals surface area contributed by atoms with Crippen LogP contribution in [0, 0.1) is 6.92 Å². The van der Waals surface area contributed by atoms with Gasteiger partial charge in [-0.3, -0.25) is 9.59 Å². The maximum Gasteiger partial charge on any atom is 0.262 e. The van der Waals surface area contributed by atoms with E-state index in [-0.39, 0.29) is 11.8 Å². The molecule has 30 heavy (non-hydrogen) atoms. The van der Waals surface area contributed by atoms with Crippen LogP contribution >= 0.6 is 11.3 Å². The number of fused-ring (bicyclic) bond motifs is 1. The van der Waals surface area contributed by atoms with Gasteiger partial charge in [-0.1, -0.05) is 54.1 Å². The zero-order valence-electron chi connectivity index (χ0n) is 16.6. The third-order valence-corrected chi connectivity index (χ3v) is 5.92. The molecule has 0 saturated heterocycles. The third kappa shape index (κ3) is 4.60. The largest absolute Gasteiger partial charge is 0.361 e.